The van der Waals surface area contributed by atoms with Gasteiger partial charge in [0.25, 0.3) is 0 Å². The molecular weight excluding hydrogens is 324 g/mol. The zero-order valence-electron chi connectivity index (χ0n) is 15.0. The van der Waals surface area contributed by atoms with Crippen LogP contribution in [0.25, 0.3) is 0 Å². The molecule has 2 unspecified atom stereocenters. The molecule has 0 heterocycles. The first kappa shape index (κ1) is 18.8. The summed E-state index contributed by atoms with van der Waals surface area (Å²) in [7, 11) is -1.33. The number of hydrogen-bond acceptors (Lipinski definition) is 4. The van der Waals surface area contributed by atoms with E-state index in [4.69, 9.17) is 0 Å². The molecule has 1 N–H and O–H groups in total. The van der Waals surface area contributed by atoms with E-state index >= 15 is 0 Å². The van der Waals surface area contributed by atoms with Crippen LogP contribution in [-0.4, -0.2) is 45.1 Å². The van der Waals surface area contributed by atoms with Gasteiger partial charge < -0.3 is 10.2 Å². The lowest BCUT2D eigenvalue weighted by Crippen LogP contribution is -2.44. The molecule has 1 amide bonds. The van der Waals surface area contributed by atoms with E-state index in [1.165, 1.54) is 25.5 Å². The van der Waals surface area contributed by atoms with E-state index in [9.17, 15) is 13.2 Å². The molecule has 1 saturated carbocycles. The van der Waals surface area contributed by atoms with Crippen LogP contribution < -0.4 is 5.32 Å². The van der Waals surface area contributed by atoms with E-state index in [-0.39, 0.29) is 12.5 Å². The molecule has 0 spiro atoms. The number of anilines is 1. The Labute approximate surface area is 145 Å². The van der Waals surface area contributed by atoms with Gasteiger partial charge in [0, 0.05) is 25.0 Å². The number of carbonyl (C=O) groups excluding carboxylic acids is 1. The molecule has 1 aliphatic rings. The number of rotatable bonds is 5. The minimum absolute atomic E-state index is 0.0698. The number of hydrogen-bond donors (Lipinski definition) is 1. The van der Waals surface area contributed by atoms with Crippen LogP contribution in [0.1, 0.15) is 38.2 Å². The molecule has 0 aromatic heterocycles. The van der Waals surface area contributed by atoms with Crippen LogP contribution >= 0.6 is 0 Å². The summed E-state index contributed by atoms with van der Waals surface area (Å²) < 4.78 is 23.2. The second kappa shape index (κ2) is 7.55. The van der Waals surface area contributed by atoms with Crippen LogP contribution in [0.5, 0.6) is 0 Å². The van der Waals surface area contributed by atoms with Crippen LogP contribution in [0, 0.1) is 12.8 Å². The summed E-state index contributed by atoms with van der Waals surface area (Å²) in [6.45, 7) is 4.28. The van der Waals surface area contributed by atoms with Gasteiger partial charge in [0.2, 0.25) is 5.91 Å². The Morgan fingerprint density at radius 2 is 1.96 bits per heavy atom. The standard InChI is InChI=1S/C18H28N2O3S/c1-13-7-5-6-8-17(13)20(3)18(21)12-19-16-10-9-15(11-14(16)2)24(4,22)23/h9-11,13,17,19H,5-8,12H2,1-4H3. The molecule has 0 saturated heterocycles. The smallest absolute Gasteiger partial charge is 0.241 e. The highest BCUT2D eigenvalue weighted by atomic mass is 32.2. The normalized spacial score (nSPS) is 21.3. The molecule has 1 aromatic rings. The van der Waals surface area contributed by atoms with Crippen molar-refractivity contribution in [2.75, 3.05) is 25.2 Å². The predicted octanol–water partition coefficient (Wildman–Crippen LogP) is 2.85. The third kappa shape index (κ3) is 4.50. The molecule has 1 fully saturated rings. The number of aryl methyl sites for hydroxylation is 1. The highest BCUT2D eigenvalue weighted by Gasteiger charge is 2.27. The van der Waals surface area contributed by atoms with Gasteiger partial charge in [-0.3, -0.25) is 4.79 Å². The van der Waals surface area contributed by atoms with Crippen LogP contribution in [0.2, 0.25) is 0 Å². The van der Waals surface area contributed by atoms with Crippen LogP contribution in [-0.2, 0) is 14.6 Å². The fourth-order valence-electron chi connectivity index (χ4n) is 3.42. The highest BCUT2D eigenvalue weighted by molar-refractivity contribution is 7.90. The molecule has 0 aliphatic heterocycles. The number of nitrogens with one attached hydrogen (secondary N) is 1. The predicted molar refractivity (Wildman–Crippen MR) is 97.0 cm³/mol. The first-order valence-corrected chi connectivity index (χ1v) is 10.4. The van der Waals surface area contributed by atoms with Gasteiger partial charge in [-0.2, -0.15) is 0 Å². The number of carbonyl (C=O) groups is 1. The lowest BCUT2D eigenvalue weighted by atomic mass is 9.85. The second-order valence-electron chi connectivity index (χ2n) is 6.94. The van der Waals surface area contributed by atoms with E-state index in [1.807, 2.05) is 18.9 Å². The maximum Gasteiger partial charge on any atom is 0.241 e. The van der Waals surface area contributed by atoms with Gasteiger partial charge in [0.1, 0.15) is 0 Å². The largest absolute Gasteiger partial charge is 0.376 e. The fourth-order valence-corrected chi connectivity index (χ4v) is 4.12. The van der Waals surface area contributed by atoms with Crippen LogP contribution in [0.15, 0.2) is 23.1 Å². The first-order valence-electron chi connectivity index (χ1n) is 8.50. The van der Waals surface area contributed by atoms with Gasteiger partial charge in [0.15, 0.2) is 9.84 Å². The van der Waals surface area contributed by atoms with E-state index in [0.717, 1.165) is 17.7 Å². The molecule has 0 bridgehead atoms. The molecule has 24 heavy (non-hydrogen) atoms. The molecule has 2 rings (SSSR count). The zero-order chi connectivity index (χ0) is 17.9. The summed E-state index contributed by atoms with van der Waals surface area (Å²) in [5.41, 5.74) is 1.61. The van der Waals surface area contributed by atoms with Gasteiger partial charge in [-0.1, -0.05) is 19.8 Å². The monoisotopic (exact) mass is 352 g/mol. The zero-order valence-corrected chi connectivity index (χ0v) is 15.8. The van der Waals surface area contributed by atoms with Gasteiger partial charge in [-0.15, -0.1) is 0 Å². The summed E-state index contributed by atoms with van der Waals surface area (Å²) >= 11 is 0. The summed E-state index contributed by atoms with van der Waals surface area (Å²) in [4.78, 5) is 14.6. The second-order valence-corrected chi connectivity index (χ2v) is 8.95. The molecule has 2 atom stereocenters. The molecule has 1 aliphatic carbocycles. The summed E-state index contributed by atoms with van der Waals surface area (Å²) in [6.07, 6.45) is 5.89. The Hall–Kier alpha value is -1.56. The quantitative estimate of drug-likeness (QED) is 0.885. The van der Waals surface area contributed by atoms with Gasteiger partial charge >= 0.3 is 0 Å². The maximum atomic E-state index is 12.5. The van der Waals surface area contributed by atoms with E-state index in [0.29, 0.717) is 16.9 Å². The van der Waals surface area contributed by atoms with Crippen molar-refractivity contribution in [3.63, 3.8) is 0 Å². The SMILES string of the molecule is Cc1cc(S(C)(=O)=O)ccc1NCC(=O)N(C)C1CCCCC1C. The third-order valence-corrected chi connectivity index (χ3v) is 6.12. The maximum absolute atomic E-state index is 12.5. The Kier molecular flexibility index (Phi) is 5.91. The van der Waals surface area contributed by atoms with Crippen molar-refractivity contribution in [1.29, 1.82) is 0 Å². The number of amides is 1. The van der Waals surface area contributed by atoms with Gasteiger partial charge in [0.05, 0.1) is 11.4 Å². The molecule has 1 aromatic carbocycles. The van der Waals surface area contributed by atoms with Gasteiger partial charge in [-0.25, -0.2) is 8.42 Å². The minimum Gasteiger partial charge on any atom is -0.376 e. The molecule has 134 valence electrons. The number of sulfone groups is 1. The highest BCUT2D eigenvalue weighted by Crippen LogP contribution is 2.27. The fraction of sp³-hybridized carbons (Fsp3) is 0.611. The van der Waals surface area contributed by atoms with Crippen molar-refractivity contribution in [2.24, 2.45) is 5.92 Å². The molecule has 0 radical (unpaired) electrons. The van der Waals surface area contributed by atoms with Crippen molar-refractivity contribution in [3.8, 4) is 0 Å². The van der Waals surface area contributed by atoms with Crippen LogP contribution in [0.3, 0.4) is 0 Å². The summed E-state index contributed by atoms with van der Waals surface area (Å²) in [5, 5.41) is 3.14. The Morgan fingerprint density at radius 3 is 2.54 bits per heavy atom. The minimum atomic E-state index is -3.21. The average Bonchev–Trinajstić information content (AvgIpc) is 2.52. The van der Waals surface area contributed by atoms with Crippen molar-refractivity contribution in [2.45, 2.75) is 50.5 Å². The van der Waals surface area contributed by atoms with Gasteiger partial charge in [-0.05, 0) is 49.4 Å². The van der Waals surface area contributed by atoms with Crippen LogP contribution in [0.4, 0.5) is 5.69 Å². The first-order chi connectivity index (χ1) is 11.2. The molecular formula is C18H28N2O3S. The molecule has 6 heteroatoms. The topological polar surface area (TPSA) is 66.5 Å². The Balaban J connectivity index is 1.98. The lowest BCUT2D eigenvalue weighted by Gasteiger charge is -2.36. The number of nitrogens with zero attached hydrogens (tertiary/aromatic N) is 1. The van der Waals surface area contributed by atoms with Crippen molar-refractivity contribution < 1.29 is 13.2 Å². The summed E-state index contributed by atoms with van der Waals surface area (Å²) in [5.74, 6) is 0.615. The Morgan fingerprint density at radius 1 is 1.29 bits per heavy atom. The molecule has 5 nitrogen and oxygen atoms in total. The van der Waals surface area contributed by atoms with E-state index < -0.39 is 9.84 Å². The van der Waals surface area contributed by atoms with Crippen molar-refractivity contribution in [3.05, 3.63) is 23.8 Å². The Bertz CT molecular complexity index is 700. The van der Waals surface area contributed by atoms with Crippen molar-refractivity contribution in [1.82, 2.24) is 4.90 Å². The van der Waals surface area contributed by atoms with E-state index in [1.54, 1.807) is 18.2 Å². The third-order valence-electron chi connectivity index (χ3n) is 5.01. The van der Waals surface area contributed by atoms with E-state index in [2.05, 4.69) is 12.2 Å². The number of likely N-dealkylation sites (N-methyl/N-ethyl adjacent to an activating group) is 1. The number of benzene rings is 1. The van der Waals surface area contributed by atoms with Crippen molar-refractivity contribution >= 4 is 21.4 Å². The average molecular weight is 353 g/mol. The lowest BCUT2D eigenvalue weighted by molar-refractivity contribution is -0.131. The summed E-state index contributed by atoms with van der Waals surface area (Å²) in [6, 6.07) is 5.25.